The Hall–Kier alpha value is -2.60. The second-order valence-electron chi connectivity index (χ2n) is 5.14. The Bertz CT molecular complexity index is 954. The number of hydrogen-bond donors (Lipinski definition) is 0. The van der Waals surface area contributed by atoms with Gasteiger partial charge in [-0.25, -0.2) is 19.7 Å². The largest absolute Gasteiger partial charge is 0.465 e. The van der Waals surface area contributed by atoms with E-state index >= 15 is 0 Å². The highest BCUT2D eigenvalue weighted by atomic mass is 79.9. The number of pyridine rings is 1. The van der Waals surface area contributed by atoms with E-state index in [1.165, 1.54) is 7.11 Å². The van der Waals surface area contributed by atoms with Gasteiger partial charge in [-0.1, -0.05) is 22.0 Å². The van der Waals surface area contributed by atoms with Gasteiger partial charge >= 0.3 is 5.97 Å². The van der Waals surface area contributed by atoms with Gasteiger partial charge in [-0.15, -0.1) is 0 Å². The summed E-state index contributed by atoms with van der Waals surface area (Å²) < 4.78 is 5.77. The zero-order valence-corrected chi connectivity index (χ0v) is 14.7. The van der Waals surface area contributed by atoms with Crippen molar-refractivity contribution in [3.63, 3.8) is 0 Å². The van der Waals surface area contributed by atoms with Gasteiger partial charge in [-0.05, 0) is 43.3 Å². The molecule has 0 amide bonds. The first-order valence-electron chi connectivity index (χ1n) is 7.23. The van der Waals surface area contributed by atoms with Crippen LogP contribution in [0.25, 0.3) is 23.1 Å². The molecule has 0 bridgehead atoms. The molecule has 0 saturated carbocycles. The van der Waals surface area contributed by atoms with Crippen LogP contribution >= 0.6 is 15.9 Å². The molecule has 0 aliphatic rings. The number of ether oxygens (including phenoxy) is 1. The zero-order valence-electron chi connectivity index (χ0n) is 13.2. The van der Waals surface area contributed by atoms with Crippen LogP contribution < -0.4 is 0 Å². The Morgan fingerprint density at radius 3 is 2.75 bits per heavy atom. The fourth-order valence-electron chi connectivity index (χ4n) is 2.29. The Morgan fingerprint density at radius 2 is 2.00 bits per heavy atom. The number of rotatable bonds is 3. The van der Waals surface area contributed by atoms with Crippen molar-refractivity contribution < 1.29 is 9.53 Å². The quantitative estimate of drug-likeness (QED) is 0.638. The minimum atomic E-state index is -0.397. The number of hydrogen-bond acceptors (Lipinski definition) is 5. The number of aromatic nitrogens is 3. The maximum Gasteiger partial charge on any atom is 0.338 e. The van der Waals surface area contributed by atoms with Crippen LogP contribution in [-0.2, 0) is 4.74 Å². The van der Waals surface area contributed by atoms with E-state index in [0.29, 0.717) is 22.6 Å². The molecule has 3 aromatic rings. The third-order valence-electron chi connectivity index (χ3n) is 3.41. The highest BCUT2D eigenvalue weighted by Crippen LogP contribution is 2.23. The first kappa shape index (κ1) is 16.3. The fourth-order valence-corrected chi connectivity index (χ4v) is 2.64. The number of fused-ring (bicyclic) bond motifs is 1. The number of carbonyl (C=O) groups is 1. The average Bonchev–Trinajstić information content (AvgIpc) is 2.58. The second kappa shape index (κ2) is 6.88. The highest BCUT2D eigenvalue weighted by molar-refractivity contribution is 9.10. The van der Waals surface area contributed by atoms with Gasteiger partial charge in [0.25, 0.3) is 0 Å². The summed E-state index contributed by atoms with van der Waals surface area (Å²) >= 11 is 3.43. The standard InChI is InChI=1S/C18H14BrN3O2/c1-11-7-8-20-17(21-11)6-4-13-10-15(18(23)24-2)14-5-3-12(19)9-16(14)22-13/h3-10H,1-2H3. The molecule has 0 atom stereocenters. The molecule has 120 valence electrons. The normalized spacial score (nSPS) is 11.1. The predicted molar refractivity (Wildman–Crippen MR) is 96.5 cm³/mol. The molecule has 2 heterocycles. The minimum absolute atomic E-state index is 0.397. The first-order chi connectivity index (χ1) is 11.6. The molecular weight excluding hydrogens is 370 g/mol. The molecule has 6 heteroatoms. The van der Waals surface area contributed by atoms with E-state index in [9.17, 15) is 4.79 Å². The maximum atomic E-state index is 12.1. The lowest BCUT2D eigenvalue weighted by atomic mass is 10.1. The van der Waals surface area contributed by atoms with Crippen molar-refractivity contribution in [2.75, 3.05) is 7.11 Å². The molecule has 5 nitrogen and oxygen atoms in total. The topological polar surface area (TPSA) is 65.0 Å². The van der Waals surface area contributed by atoms with E-state index < -0.39 is 5.97 Å². The van der Waals surface area contributed by atoms with E-state index in [1.807, 2.05) is 31.2 Å². The third kappa shape index (κ3) is 3.49. The van der Waals surface area contributed by atoms with Crippen LogP contribution in [0.15, 0.2) is 41.0 Å². The molecule has 0 N–H and O–H groups in total. The summed E-state index contributed by atoms with van der Waals surface area (Å²) in [4.78, 5) is 25.1. The molecule has 1 aromatic carbocycles. The number of carbonyl (C=O) groups excluding carboxylic acids is 1. The number of benzene rings is 1. The SMILES string of the molecule is COC(=O)c1cc(C=Cc2nccc(C)n2)nc2cc(Br)ccc12. The van der Waals surface area contributed by atoms with Crippen LogP contribution in [0.2, 0.25) is 0 Å². The summed E-state index contributed by atoms with van der Waals surface area (Å²) in [5.74, 6) is 0.192. The van der Waals surface area contributed by atoms with E-state index in [0.717, 1.165) is 15.6 Å². The molecule has 0 aliphatic heterocycles. The van der Waals surface area contributed by atoms with E-state index in [-0.39, 0.29) is 0 Å². The Balaban J connectivity index is 2.09. The van der Waals surface area contributed by atoms with Crippen molar-refractivity contribution >= 4 is 45.0 Å². The molecule has 0 fully saturated rings. The maximum absolute atomic E-state index is 12.1. The molecule has 0 radical (unpaired) electrons. The summed E-state index contributed by atoms with van der Waals surface area (Å²) in [6.07, 6.45) is 5.24. The molecule has 2 aromatic heterocycles. The first-order valence-corrected chi connectivity index (χ1v) is 8.02. The van der Waals surface area contributed by atoms with Gasteiger partial charge in [0.1, 0.15) is 0 Å². The van der Waals surface area contributed by atoms with Crippen molar-refractivity contribution in [2.24, 2.45) is 0 Å². The number of esters is 1. The number of aryl methyl sites for hydroxylation is 1. The molecule has 0 saturated heterocycles. The van der Waals surface area contributed by atoms with E-state index in [4.69, 9.17) is 4.74 Å². The fraction of sp³-hybridized carbons (Fsp3) is 0.111. The van der Waals surface area contributed by atoms with Gasteiger partial charge in [0, 0.05) is 21.7 Å². The number of nitrogens with zero attached hydrogens (tertiary/aromatic N) is 3. The van der Waals surface area contributed by atoms with Crippen LogP contribution in [-0.4, -0.2) is 28.0 Å². The van der Waals surface area contributed by atoms with E-state index in [2.05, 4.69) is 30.9 Å². The molecule has 3 rings (SSSR count). The lowest BCUT2D eigenvalue weighted by Crippen LogP contribution is -2.04. The van der Waals surface area contributed by atoms with Crippen molar-refractivity contribution in [1.82, 2.24) is 15.0 Å². The summed E-state index contributed by atoms with van der Waals surface area (Å²) in [6, 6.07) is 9.11. The van der Waals surface area contributed by atoms with Crippen LogP contribution in [0.5, 0.6) is 0 Å². The van der Waals surface area contributed by atoms with Crippen LogP contribution in [0.4, 0.5) is 0 Å². The average molecular weight is 384 g/mol. The van der Waals surface area contributed by atoms with Gasteiger partial charge in [-0.2, -0.15) is 0 Å². The van der Waals surface area contributed by atoms with Crippen molar-refractivity contribution in [2.45, 2.75) is 6.92 Å². The highest BCUT2D eigenvalue weighted by Gasteiger charge is 2.13. The Morgan fingerprint density at radius 1 is 1.17 bits per heavy atom. The molecular formula is C18H14BrN3O2. The summed E-state index contributed by atoms with van der Waals surface area (Å²) in [7, 11) is 1.36. The number of methoxy groups -OCH3 is 1. The molecule has 0 unspecified atom stereocenters. The molecule has 0 aliphatic carbocycles. The van der Waals surface area contributed by atoms with Gasteiger partial charge in [0.2, 0.25) is 0 Å². The Labute approximate surface area is 147 Å². The van der Waals surface area contributed by atoms with E-state index in [1.54, 1.807) is 24.4 Å². The smallest absolute Gasteiger partial charge is 0.338 e. The monoisotopic (exact) mass is 383 g/mol. The third-order valence-corrected chi connectivity index (χ3v) is 3.91. The van der Waals surface area contributed by atoms with Crippen molar-refractivity contribution in [3.05, 3.63) is 63.8 Å². The Kier molecular flexibility index (Phi) is 4.66. The van der Waals surface area contributed by atoms with Crippen LogP contribution in [0.1, 0.15) is 27.6 Å². The van der Waals surface area contributed by atoms with Gasteiger partial charge in [0.15, 0.2) is 5.82 Å². The predicted octanol–water partition coefficient (Wildman–Crippen LogP) is 4.05. The summed E-state index contributed by atoms with van der Waals surface area (Å²) in [6.45, 7) is 1.90. The van der Waals surface area contributed by atoms with Crippen molar-refractivity contribution in [1.29, 1.82) is 0 Å². The number of halogens is 1. The van der Waals surface area contributed by atoms with Crippen LogP contribution in [0.3, 0.4) is 0 Å². The van der Waals surface area contributed by atoms with Crippen LogP contribution in [0, 0.1) is 6.92 Å². The summed E-state index contributed by atoms with van der Waals surface area (Å²) in [5.41, 5.74) is 2.69. The zero-order chi connectivity index (χ0) is 17.1. The van der Waals surface area contributed by atoms with Crippen molar-refractivity contribution in [3.8, 4) is 0 Å². The molecule has 0 spiro atoms. The minimum Gasteiger partial charge on any atom is -0.465 e. The second-order valence-corrected chi connectivity index (χ2v) is 6.05. The lowest BCUT2D eigenvalue weighted by Gasteiger charge is -2.07. The molecule has 24 heavy (non-hydrogen) atoms. The van der Waals surface area contributed by atoms with Gasteiger partial charge in [-0.3, -0.25) is 0 Å². The van der Waals surface area contributed by atoms with Gasteiger partial charge in [0.05, 0.1) is 23.9 Å². The summed E-state index contributed by atoms with van der Waals surface area (Å²) in [5, 5.41) is 0.744. The lowest BCUT2D eigenvalue weighted by molar-refractivity contribution is 0.0603. The van der Waals surface area contributed by atoms with Gasteiger partial charge < -0.3 is 4.74 Å².